The summed E-state index contributed by atoms with van der Waals surface area (Å²) in [5.74, 6) is 0. The van der Waals surface area contributed by atoms with Gasteiger partial charge in [-0.15, -0.1) is 0 Å². The number of fused-ring (bicyclic) bond motifs is 2. The molecule has 36 heavy (non-hydrogen) atoms. The summed E-state index contributed by atoms with van der Waals surface area (Å²) in [4.78, 5) is 9.33. The second-order valence-electron chi connectivity index (χ2n) is 10.4. The number of halogens is 3. The molecule has 0 amide bonds. The highest BCUT2D eigenvalue weighted by Crippen LogP contribution is 2.39. The van der Waals surface area contributed by atoms with Crippen LogP contribution in [0.3, 0.4) is 0 Å². The van der Waals surface area contributed by atoms with Gasteiger partial charge >= 0.3 is 6.18 Å². The number of aryl methyl sites for hydroxylation is 1. The Kier molecular flexibility index (Phi) is 6.66. The van der Waals surface area contributed by atoms with Gasteiger partial charge in [0, 0.05) is 50.7 Å². The normalized spacial score (nSPS) is 22.5. The van der Waals surface area contributed by atoms with Crippen molar-refractivity contribution in [2.24, 2.45) is 0 Å². The SMILES string of the molecule is Cc1cc(CN2CC3CCC(C2)N3Cc2ccncc2)ccc1-c1ccc(C(C)(O)C(F)(F)F)cc1. The minimum atomic E-state index is -4.73. The number of hydrogen-bond donors (Lipinski definition) is 1. The van der Waals surface area contributed by atoms with E-state index in [9.17, 15) is 18.3 Å². The molecule has 0 spiro atoms. The first-order valence-corrected chi connectivity index (χ1v) is 12.5. The molecule has 2 aromatic carbocycles. The molecular formula is C29H32F3N3O. The van der Waals surface area contributed by atoms with Crippen LogP contribution in [0.5, 0.6) is 0 Å². The zero-order valence-corrected chi connectivity index (χ0v) is 20.7. The van der Waals surface area contributed by atoms with Crippen LogP contribution in [0.1, 0.15) is 42.0 Å². The third-order valence-corrected chi connectivity index (χ3v) is 7.83. The van der Waals surface area contributed by atoms with Crippen molar-refractivity contribution >= 4 is 0 Å². The van der Waals surface area contributed by atoms with Crippen LogP contribution in [0.25, 0.3) is 11.1 Å². The summed E-state index contributed by atoms with van der Waals surface area (Å²) in [7, 11) is 0. The topological polar surface area (TPSA) is 39.6 Å². The Labute approximate surface area is 210 Å². The number of aliphatic hydroxyl groups is 1. The molecule has 0 radical (unpaired) electrons. The van der Waals surface area contributed by atoms with E-state index in [-0.39, 0.29) is 5.56 Å². The van der Waals surface area contributed by atoms with Gasteiger partial charge in [0.1, 0.15) is 0 Å². The maximum Gasteiger partial charge on any atom is 0.421 e. The molecule has 1 aromatic heterocycles. The highest BCUT2D eigenvalue weighted by molar-refractivity contribution is 5.68. The van der Waals surface area contributed by atoms with Crippen molar-refractivity contribution < 1.29 is 18.3 Å². The summed E-state index contributed by atoms with van der Waals surface area (Å²) in [5.41, 5.74) is 2.44. The fourth-order valence-electron chi connectivity index (χ4n) is 5.71. The number of pyridine rings is 1. The lowest BCUT2D eigenvalue weighted by Crippen LogP contribution is -2.52. The zero-order chi connectivity index (χ0) is 25.5. The van der Waals surface area contributed by atoms with Crippen molar-refractivity contribution in [1.29, 1.82) is 0 Å². The van der Waals surface area contributed by atoms with Crippen LogP contribution in [0.4, 0.5) is 13.2 Å². The Morgan fingerprint density at radius 2 is 1.53 bits per heavy atom. The molecule has 0 aliphatic carbocycles. The Morgan fingerprint density at radius 3 is 2.11 bits per heavy atom. The minimum Gasteiger partial charge on any atom is -0.376 e. The fraction of sp³-hybridized carbons (Fsp3) is 0.414. The van der Waals surface area contributed by atoms with Gasteiger partial charge in [0.25, 0.3) is 0 Å². The average molecular weight is 496 g/mol. The van der Waals surface area contributed by atoms with Gasteiger partial charge < -0.3 is 5.11 Å². The lowest BCUT2D eigenvalue weighted by Gasteiger charge is -2.41. The van der Waals surface area contributed by atoms with Crippen LogP contribution in [0, 0.1) is 6.92 Å². The molecule has 2 aliphatic rings. The lowest BCUT2D eigenvalue weighted by molar-refractivity contribution is -0.258. The van der Waals surface area contributed by atoms with Crippen LogP contribution < -0.4 is 0 Å². The van der Waals surface area contributed by atoms with Gasteiger partial charge in [-0.05, 0) is 72.2 Å². The summed E-state index contributed by atoms with van der Waals surface area (Å²) in [6.45, 7) is 6.81. The molecule has 1 N–H and O–H groups in total. The molecule has 0 saturated carbocycles. The van der Waals surface area contributed by atoms with Crippen LogP contribution in [0.2, 0.25) is 0 Å². The van der Waals surface area contributed by atoms with Crippen molar-refractivity contribution in [3.8, 4) is 11.1 Å². The van der Waals surface area contributed by atoms with Crippen molar-refractivity contribution in [2.45, 2.75) is 63.6 Å². The Morgan fingerprint density at radius 1 is 0.889 bits per heavy atom. The molecule has 7 heteroatoms. The highest BCUT2D eigenvalue weighted by Gasteiger charge is 2.51. The number of aromatic nitrogens is 1. The third-order valence-electron chi connectivity index (χ3n) is 7.83. The van der Waals surface area contributed by atoms with Gasteiger partial charge in [-0.25, -0.2) is 0 Å². The first kappa shape index (κ1) is 24.9. The number of nitrogens with zero attached hydrogens (tertiary/aromatic N) is 3. The number of piperazine rings is 1. The quantitative estimate of drug-likeness (QED) is 0.478. The summed E-state index contributed by atoms with van der Waals surface area (Å²) in [6.07, 6.45) is 1.47. The van der Waals surface area contributed by atoms with Crippen molar-refractivity contribution in [3.63, 3.8) is 0 Å². The standard InChI is InChI=1S/C29H32F3N3O/c1-20-15-22(3-10-27(20)23-4-6-24(7-5-23)28(2,36)29(30,31)32)16-34-18-25-8-9-26(19-34)35(25)17-21-11-13-33-14-12-21/h3-7,10-15,25-26,36H,8-9,16-19H2,1-2H3. The third kappa shape index (κ3) is 4.92. The van der Waals surface area contributed by atoms with E-state index in [1.54, 1.807) is 12.1 Å². The first-order chi connectivity index (χ1) is 17.1. The summed E-state index contributed by atoms with van der Waals surface area (Å²) >= 11 is 0. The molecule has 5 rings (SSSR count). The van der Waals surface area contributed by atoms with Gasteiger partial charge in [0.05, 0.1) is 0 Å². The molecular weight excluding hydrogens is 463 g/mol. The number of alkyl halides is 3. The molecule has 3 heterocycles. The smallest absolute Gasteiger partial charge is 0.376 e. The molecule has 190 valence electrons. The van der Waals surface area contributed by atoms with Crippen molar-refractivity contribution in [2.75, 3.05) is 13.1 Å². The molecule has 2 bridgehead atoms. The largest absolute Gasteiger partial charge is 0.421 e. The molecule has 2 saturated heterocycles. The Balaban J connectivity index is 1.24. The molecule has 2 fully saturated rings. The van der Waals surface area contributed by atoms with Crippen LogP contribution in [-0.2, 0) is 18.7 Å². The molecule has 3 atom stereocenters. The molecule has 3 unspecified atom stereocenters. The van der Waals surface area contributed by atoms with E-state index in [1.165, 1.54) is 36.1 Å². The molecule has 4 nitrogen and oxygen atoms in total. The maximum absolute atomic E-state index is 13.2. The average Bonchev–Trinajstić information content (AvgIpc) is 3.06. The van der Waals surface area contributed by atoms with E-state index in [0.717, 1.165) is 49.8 Å². The second-order valence-corrected chi connectivity index (χ2v) is 10.4. The Hall–Kier alpha value is -2.74. The van der Waals surface area contributed by atoms with E-state index >= 15 is 0 Å². The van der Waals surface area contributed by atoms with E-state index in [1.807, 2.05) is 19.3 Å². The first-order valence-electron chi connectivity index (χ1n) is 12.5. The minimum absolute atomic E-state index is 0.161. The predicted octanol–water partition coefficient (Wildman–Crippen LogP) is 5.68. The number of rotatable bonds is 6. The summed E-state index contributed by atoms with van der Waals surface area (Å²) in [5, 5.41) is 9.93. The van der Waals surface area contributed by atoms with Gasteiger partial charge in [0.2, 0.25) is 0 Å². The highest BCUT2D eigenvalue weighted by atomic mass is 19.4. The van der Waals surface area contributed by atoms with E-state index in [0.29, 0.717) is 12.1 Å². The zero-order valence-electron chi connectivity index (χ0n) is 20.7. The molecule has 3 aromatic rings. The van der Waals surface area contributed by atoms with E-state index in [4.69, 9.17) is 0 Å². The van der Waals surface area contributed by atoms with Gasteiger partial charge in [0.15, 0.2) is 5.60 Å². The summed E-state index contributed by atoms with van der Waals surface area (Å²) in [6, 6.07) is 17.7. The van der Waals surface area contributed by atoms with Gasteiger partial charge in [-0.1, -0.05) is 42.5 Å². The van der Waals surface area contributed by atoms with E-state index in [2.05, 4.69) is 45.1 Å². The van der Waals surface area contributed by atoms with Gasteiger partial charge in [-0.3, -0.25) is 14.8 Å². The summed E-state index contributed by atoms with van der Waals surface area (Å²) < 4.78 is 39.5. The predicted molar refractivity (Wildman–Crippen MR) is 134 cm³/mol. The number of likely N-dealkylation sites (tertiary alicyclic amines) is 1. The van der Waals surface area contributed by atoms with Crippen LogP contribution >= 0.6 is 0 Å². The Bertz CT molecular complexity index is 1180. The maximum atomic E-state index is 13.2. The molecule has 2 aliphatic heterocycles. The van der Waals surface area contributed by atoms with Crippen molar-refractivity contribution in [1.82, 2.24) is 14.8 Å². The van der Waals surface area contributed by atoms with Crippen LogP contribution in [0.15, 0.2) is 67.0 Å². The van der Waals surface area contributed by atoms with E-state index < -0.39 is 11.8 Å². The monoisotopic (exact) mass is 495 g/mol. The number of benzene rings is 2. The second kappa shape index (κ2) is 9.61. The lowest BCUT2D eigenvalue weighted by atomic mass is 9.92. The van der Waals surface area contributed by atoms with Crippen LogP contribution in [-0.4, -0.2) is 51.2 Å². The number of hydrogen-bond acceptors (Lipinski definition) is 4. The van der Waals surface area contributed by atoms with Gasteiger partial charge in [-0.2, -0.15) is 13.2 Å². The van der Waals surface area contributed by atoms with Crippen molar-refractivity contribution in [3.05, 3.63) is 89.2 Å². The fourth-order valence-corrected chi connectivity index (χ4v) is 5.71.